The molecule has 0 unspecified atom stereocenters. The molecule has 0 saturated carbocycles. The van der Waals surface area contributed by atoms with Crippen molar-refractivity contribution in [1.29, 1.82) is 0 Å². The molecule has 6 heteroatoms. The summed E-state index contributed by atoms with van der Waals surface area (Å²) in [5.74, 6) is 0. The third-order valence-corrected chi connectivity index (χ3v) is 8.78. The van der Waals surface area contributed by atoms with Crippen molar-refractivity contribution in [3.8, 4) is 0 Å². The molecule has 0 spiro atoms. The van der Waals surface area contributed by atoms with Crippen LogP contribution in [0.1, 0.15) is 78.1 Å². The van der Waals surface area contributed by atoms with Crippen molar-refractivity contribution >= 4 is 17.5 Å². The molecule has 0 fully saturated rings. The summed E-state index contributed by atoms with van der Waals surface area (Å²) < 4.78 is 55.1. The van der Waals surface area contributed by atoms with Crippen molar-refractivity contribution in [2.75, 3.05) is 0 Å². The van der Waals surface area contributed by atoms with Gasteiger partial charge in [-0.15, -0.1) is 0 Å². The van der Waals surface area contributed by atoms with E-state index < -0.39 is 29.6 Å². The van der Waals surface area contributed by atoms with Gasteiger partial charge < -0.3 is 0 Å². The Bertz CT molecular complexity index is 235. The zero-order valence-corrected chi connectivity index (χ0v) is 16.4. The van der Waals surface area contributed by atoms with Crippen LogP contribution < -0.4 is 0 Å². The zero-order valence-electron chi connectivity index (χ0n) is 14.4. The molecule has 0 aromatic heterocycles. The Morgan fingerprint density at radius 1 is 0.455 bits per heavy atom. The van der Waals surface area contributed by atoms with E-state index in [0.29, 0.717) is 12.8 Å². The van der Waals surface area contributed by atoms with Crippen LogP contribution in [0.2, 0.25) is 24.2 Å². The molecule has 0 aromatic rings. The first-order valence-electron chi connectivity index (χ1n) is 9.08. The van der Waals surface area contributed by atoms with Crippen LogP contribution in [0, 0.1) is 0 Å². The highest BCUT2D eigenvalue weighted by atomic mass is 28.4. The molecule has 0 aliphatic carbocycles. The Morgan fingerprint density at radius 2 is 0.773 bits per heavy atom. The third kappa shape index (κ3) is 13.8. The molecular weight excluding hydrogens is 324 g/mol. The van der Waals surface area contributed by atoms with Crippen LogP contribution >= 0.6 is 0 Å². The monoisotopic (exact) mass is 358 g/mol. The van der Waals surface area contributed by atoms with Crippen LogP contribution in [0.25, 0.3) is 0 Å². The van der Waals surface area contributed by atoms with E-state index in [1.807, 2.05) is 0 Å². The average Bonchev–Trinajstić information content (AvgIpc) is 2.45. The van der Waals surface area contributed by atoms with Crippen LogP contribution in [-0.2, 0) is 0 Å². The van der Waals surface area contributed by atoms with Crippen LogP contribution in [0.3, 0.4) is 0 Å². The summed E-state index contributed by atoms with van der Waals surface area (Å²) in [6, 6.07) is -1.13. The number of halogens is 4. The van der Waals surface area contributed by atoms with E-state index in [1.54, 1.807) is 0 Å². The van der Waals surface area contributed by atoms with Crippen molar-refractivity contribution in [1.82, 2.24) is 0 Å². The first-order chi connectivity index (χ1) is 10.3. The second kappa shape index (κ2) is 12.6. The highest BCUT2D eigenvalue weighted by Crippen LogP contribution is 2.32. The molecule has 0 nitrogen and oxygen atoms in total. The van der Waals surface area contributed by atoms with Crippen LogP contribution in [0.5, 0.6) is 0 Å². The molecule has 0 N–H and O–H groups in total. The van der Waals surface area contributed by atoms with E-state index in [2.05, 4.69) is 13.8 Å². The summed E-state index contributed by atoms with van der Waals surface area (Å²) in [4.78, 5) is 0. The second-order valence-electron chi connectivity index (χ2n) is 6.54. The molecular formula is C16H34F4Si2. The molecule has 0 aliphatic heterocycles. The topological polar surface area (TPSA) is 0 Å². The highest BCUT2D eigenvalue weighted by molar-refractivity contribution is 6.71. The quantitative estimate of drug-likeness (QED) is 0.122. The molecule has 0 rings (SSSR count). The van der Waals surface area contributed by atoms with E-state index in [0.717, 1.165) is 51.4 Å². The van der Waals surface area contributed by atoms with Gasteiger partial charge in [0.15, 0.2) is 0 Å². The predicted molar refractivity (Wildman–Crippen MR) is 92.7 cm³/mol. The molecule has 0 aliphatic rings. The third-order valence-electron chi connectivity index (χ3n) is 4.15. The lowest BCUT2D eigenvalue weighted by Crippen LogP contribution is -2.29. The smallest absolute Gasteiger partial charge is 0.270 e. The number of rotatable bonds is 15. The van der Waals surface area contributed by atoms with Gasteiger partial charge in [0.05, 0.1) is 0 Å². The van der Waals surface area contributed by atoms with E-state index in [4.69, 9.17) is 0 Å². The molecule has 0 atom stereocenters. The molecule has 0 saturated heterocycles. The molecule has 0 amide bonds. The van der Waals surface area contributed by atoms with Gasteiger partial charge in [0, 0.05) is 12.1 Å². The summed E-state index contributed by atoms with van der Waals surface area (Å²) in [6.07, 6.45) is 8.99. The fourth-order valence-corrected chi connectivity index (χ4v) is 7.55. The SMILES string of the molecule is CCCCCCC[Si](F)(F)CC[Si](F)(F)CCCCCCC. The Kier molecular flexibility index (Phi) is 12.6. The van der Waals surface area contributed by atoms with Gasteiger partial charge >= 0.3 is 17.5 Å². The fraction of sp³-hybridized carbons (Fsp3) is 1.00. The summed E-state index contributed by atoms with van der Waals surface area (Å²) in [5.41, 5.74) is 0. The first-order valence-corrected chi connectivity index (χ1v) is 13.4. The van der Waals surface area contributed by atoms with E-state index in [-0.39, 0.29) is 12.1 Å². The van der Waals surface area contributed by atoms with Gasteiger partial charge in [-0.05, 0) is 12.1 Å². The zero-order chi connectivity index (χ0) is 16.9. The van der Waals surface area contributed by atoms with Crippen molar-refractivity contribution in [3.63, 3.8) is 0 Å². The normalized spacial score (nSPS) is 12.8. The first kappa shape index (κ1) is 22.2. The van der Waals surface area contributed by atoms with Gasteiger partial charge in [0.2, 0.25) is 0 Å². The van der Waals surface area contributed by atoms with Gasteiger partial charge in [-0.25, -0.2) is 0 Å². The Morgan fingerprint density at radius 3 is 1.09 bits per heavy atom. The van der Waals surface area contributed by atoms with Gasteiger partial charge in [-0.3, -0.25) is 16.4 Å². The average molecular weight is 359 g/mol. The summed E-state index contributed by atoms with van der Waals surface area (Å²) in [6.45, 7) is 4.16. The predicted octanol–water partition coefficient (Wildman–Crippen LogP) is 7.69. The maximum absolute atomic E-state index is 13.8. The lowest BCUT2D eigenvalue weighted by Gasteiger charge is -2.17. The maximum Gasteiger partial charge on any atom is 0.424 e. The Balaban J connectivity index is 3.80. The van der Waals surface area contributed by atoms with E-state index >= 15 is 0 Å². The largest absolute Gasteiger partial charge is 0.424 e. The Labute approximate surface area is 136 Å². The van der Waals surface area contributed by atoms with Gasteiger partial charge in [0.25, 0.3) is 0 Å². The highest BCUT2D eigenvalue weighted by Gasteiger charge is 2.42. The van der Waals surface area contributed by atoms with Crippen LogP contribution in [0.15, 0.2) is 0 Å². The van der Waals surface area contributed by atoms with Crippen LogP contribution in [-0.4, -0.2) is 17.5 Å². The maximum atomic E-state index is 13.8. The van der Waals surface area contributed by atoms with Crippen molar-refractivity contribution in [3.05, 3.63) is 0 Å². The second-order valence-corrected chi connectivity index (χ2v) is 12.0. The lowest BCUT2D eigenvalue weighted by molar-refractivity contribution is 0.541. The van der Waals surface area contributed by atoms with Gasteiger partial charge in [0.1, 0.15) is 0 Å². The molecule has 0 radical (unpaired) electrons. The van der Waals surface area contributed by atoms with Gasteiger partial charge in [-0.1, -0.05) is 78.1 Å². The lowest BCUT2D eigenvalue weighted by atomic mass is 10.2. The Hall–Kier alpha value is 0.154. The number of unbranched alkanes of at least 4 members (excludes halogenated alkanes) is 8. The molecule has 0 heterocycles. The minimum absolute atomic E-state index is 0.0856. The summed E-state index contributed by atoms with van der Waals surface area (Å²) in [7, 11) is -8.76. The molecule has 22 heavy (non-hydrogen) atoms. The molecule has 0 aromatic carbocycles. The fourth-order valence-electron chi connectivity index (χ4n) is 2.59. The van der Waals surface area contributed by atoms with Crippen LogP contribution in [0.4, 0.5) is 16.4 Å². The number of hydrogen-bond acceptors (Lipinski definition) is 0. The minimum Gasteiger partial charge on any atom is -0.270 e. The van der Waals surface area contributed by atoms with Crippen molar-refractivity contribution in [2.45, 2.75) is 102 Å². The molecule has 0 bridgehead atoms. The van der Waals surface area contributed by atoms with Crippen molar-refractivity contribution < 1.29 is 16.4 Å². The van der Waals surface area contributed by atoms with Crippen molar-refractivity contribution in [2.24, 2.45) is 0 Å². The van der Waals surface area contributed by atoms with E-state index in [9.17, 15) is 16.4 Å². The molecule has 134 valence electrons. The van der Waals surface area contributed by atoms with E-state index in [1.165, 1.54) is 0 Å². The summed E-state index contributed by atoms with van der Waals surface area (Å²) >= 11 is 0. The number of hydrogen-bond donors (Lipinski definition) is 0. The van der Waals surface area contributed by atoms with Gasteiger partial charge in [-0.2, -0.15) is 0 Å². The minimum atomic E-state index is -4.38. The standard InChI is InChI=1S/C16H34F4Si2/c1-3-5-7-9-11-13-21(17,18)15-16-22(19,20)14-12-10-8-6-4-2/h3-16H2,1-2H3. The summed E-state index contributed by atoms with van der Waals surface area (Å²) in [5, 5.41) is 0.